The van der Waals surface area contributed by atoms with Crippen LogP contribution in [0.2, 0.25) is 5.02 Å². The molecule has 0 atom stereocenters. The first kappa shape index (κ1) is 14.1. The Bertz CT molecular complexity index is 386. The zero-order chi connectivity index (χ0) is 13.1. The molecule has 96 valence electrons. The zero-order valence-electron chi connectivity index (χ0n) is 11.1. The van der Waals surface area contributed by atoms with Crippen molar-refractivity contribution in [3.05, 3.63) is 22.7 Å². The fraction of sp³-hybridized carbons (Fsp3) is 0.538. The lowest BCUT2D eigenvalue weighted by Gasteiger charge is -2.21. The summed E-state index contributed by atoms with van der Waals surface area (Å²) in [5.74, 6) is 1.35. The van der Waals surface area contributed by atoms with Crippen molar-refractivity contribution >= 4 is 11.6 Å². The molecule has 0 aliphatic rings. The van der Waals surface area contributed by atoms with Crippen LogP contribution in [0.25, 0.3) is 0 Å². The average molecular weight is 258 g/mol. The second-order valence-corrected chi connectivity index (χ2v) is 5.31. The molecule has 0 saturated carbocycles. The summed E-state index contributed by atoms with van der Waals surface area (Å²) in [6.07, 6.45) is 0. The highest BCUT2D eigenvalue weighted by molar-refractivity contribution is 6.31. The summed E-state index contributed by atoms with van der Waals surface area (Å²) in [5.41, 5.74) is 1.05. The van der Waals surface area contributed by atoms with Gasteiger partial charge in [-0.05, 0) is 32.4 Å². The van der Waals surface area contributed by atoms with E-state index in [9.17, 15) is 0 Å². The number of hydrogen-bond acceptors (Lipinski definition) is 3. The van der Waals surface area contributed by atoms with Gasteiger partial charge in [0.15, 0.2) is 11.5 Å². The first-order valence-corrected chi connectivity index (χ1v) is 5.90. The van der Waals surface area contributed by atoms with Crippen molar-refractivity contribution in [1.29, 1.82) is 0 Å². The molecular formula is C13H20ClNO2. The van der Waals surface area contributed by atoms with Crippen LogP contribution in [0.4, 0.5) is 0 Å². The van der Waals surface area contributed by atoms with E-state index in [1.54, 1.807) is 20.3 Å². The van der Waals surface area contributed by atoms with Crippen LogP contribution >= 0.6 is 11.6 Å². The van der Waals surface area contributed by atoms with Gasteiger partial charge in [0.05, 0.1) is 14.2 Å². The third kappa shape index (κ3) is 4.10. The van der Waals surface area contributed by atoms with E-state index in [4.69, 9.17) is 21.1 Å². The minimum Gasteiger partial charge on any atom is -0.493 e. The molecule has 1 N–H and O–H groups in total. The molecule has 0 radical (unpaired) electrons. The first-order chi connectivity index (χ1) is 7.87. The second kappa shape index (κ2) is 5.61. The van der Waals surface area contributed by atoms with Gasteiger partial charge in [0.2, 0.25) is 0 Å². The Morgan fingerprint density at radius 3 is 2.12 bits per heavy atom. The standard InChI is InChI=1S/C13H20ClNO2/c1-13(2,3)15-8-9-6-11(16-4)12(17-5)7-10(9)14/h6-7,15H,8H2,1-5H3. The lowest BCUT2D eigenvalue weighted by Crippen LogP contribution is -2.35. The lowest BCUT2D eigenvalue weighted by molar-refractivity contribution is 0.354. The number of nitrogens with one attached hydrogen (secondary N) is 1. The van der Waals surface area contributed by atoms with Crippen molar-refractivity contribution in [2.45, 2.75) is 32.9 Å². The Balaban J connectivity index is 2.93. The highest BCUT2D eigenvalue weighted by Crippen LogP contribution is 2.33. The maximum absolute atomic E-state index is 6.19. The predicted molar refractivity (Wildman–Crippen MR) is 71.1 cm³/mol. The molecule has 0 fully saturated rings. The van der Waals surface area contributed by atoms with Crippen LogP contribution in [0.5, 0.6) is 11.5 Å². The van der Waals surface area contributed by atoms with Gasteiger partial charge >= 0.3 is 0 Å². The van der Waals surface area contributed by atoms with E-state index < -0.39 is 0 Å². The van der Waals surface area contributed by atoms with E-state index in [2.05, 4.69) is 26.1 Å². The van der Waals surface area contributed by atoms with Crippen molar-refractivity contribution in [2.75, 3.05) is 14.2 Å². The maximum Gasteiger partial charge on any atom is 0.162 e. The SMILES string of the molecule is COc1cc(Cl)c(CNC(C)(C)C)cc1OC. The molecule has 0 bridgehead atoms. The molecule has 0 saturated heterocycles. The number of ether oxygens (including phenoxy) is 2. The Kier molecular flexibility index (Phi) is 4.66. The van der Waals surface area contributed by atoms with Crippen LogP contribution in [-0.2, 0) is 6.54 Å². The van der Waals surface area contributed by atoms with Crippen molar-refractivity contribution < 1.29 is 9.47 Å². The van der Waals surface area contributed by atoms with Crippen LogP contribution in [0.1, 0.15) is 26.3 Å². The molecule has 1 rings (SSSR count). The number of halogens is 1. The molecule has 4 heteroatoms. The summed E-state index contributed by atoms with van der Waals surface area (Å²) >= 11 is 6.19. The summed E-state index contributed by atoms with van der Waals surface area (Å²) in [6.45, 7) is 7.04. The molecule has 0 heterocycles. The van der Waals surface area contributed by atoms with Gasteiger partial charge in [-0.15, -0.1) is 0 Å². The molecule has 1 aromatic carbocycles. The predicted octanol–water partition coefficient (Wildman–Crippen LogP) is 3.25. The highest BCUT2D eigenvalue weighted by Gasteiger charge is 2.13. The molecule has 0 aromatic heterocycles. The number of benzene rings is 1. The third-order valence-electron chi connectivity index (χ3n) is 2.36. The lowest BCUT2D eigenvalue weighted by atomic mass is 10.1. The maximum atomic E-state index is 6.19. The minimum atomic E-state index is 0.0521. The summed E-state index contributed by atoms with van der Waals surface area (Å²) in [7, 11) is 3.22. The summed E-state index contributed by atoms with van der Waals surface area (Å²) in [6, 6.07) is 3.68. The van der Waals surface area contributed by atoms with Gasteiger partial charge in [-0.3, -0.25) is 0 Å². The molecule has 0 amide bonds. The molecule has 0 aliphatic heterocycles. The fourth-order valence-corrected chi connectivity index (χ4v) is 1.61. The molecule has 0 aliphatic carbocycles. The number of rotatable bonds is 4. The smallest absolute Gasteiger partial charge is 0.162 e. The van der Waals surface area contributed by atoms with Gasteiger partial charge in [-0.2, -0.15) is 0 Å². The van der Waals surface area contributed by atoms with E-state index in [-0.39, 0.29) is 5.54 Å². The van der Waals surface area contributed by atoms with Crippen molar-refractivity contribution in [3.8, 4) is 11.5 Å². The van der Waals surface area contributed by atoms with E-state index >= 15 is 0 Å². The van der Waals surface area contributed by atoms with Crippen LogP contribution in [0, 0.1) is 0 Å². The van der Waals surface area contributed by atoms with Gasteiger partial charge in [0.25, 0.3) is 0 Å². The Hall–Kier alpha value is -0.930. The van der Waals surface area contributed by atoms with Gasteiger partial charge < -0.3 is 14.8 Å². The van der Waals surface area contributed by atoms with Crippen LogP contribution < -0.4 is 14.8 Å². The second-order valence-electron chi connectivity index (χ2n) is 4.90. The van der Waals surface area contributed by atoms with Gasteiger partial charge in [0.1, 0.15) is 0 Å². The third-order valence-corrected chi connectivity index (χ3v) is 2.71. The molecule has 17 heavy (non-hydrogen) atoms. The topological polar surface area (TPSA) is 30.5 Å². The molecule has 0 spiro atoms. The largest absolute Gasteiger partial charge is 0.493 e. The van der Waals surface area contributed by atoms with Crippen LogP contribution in [0.3, 0.4) is 0 Å². The molecule has 3 nitrogen and oxygen atoms in total. The van der Waals surface area contributed by atoms with E-state index in [0.29, 0.717) is 23.1 Å². The van der Waals surface area contributed by atoms with Crippen molar-refractivity contribution in [1.82, 2.24) is 5.32 Å². The summed E-state index contributed by atoms with van der Waals surface area (Å²) in [5, 5.41) is 4.07. The van der Waals surface area contributed by atoms with E-state index in [1.165, 1.54) is 0 Å². The van der Waals surface area contributed by atoms with Crippen LogP contribution in [0.15, 0.2) is 12.1 Å². The van der Waals surface area contributed by atoms with Crippen LogP contribution in [-0.4, -0.2) is 19.8 Å². The van der Waals surface area contributed by atoms with E-state index in [1.807, 2.05) is 6.07 Å². The van der Waals surface area contributed by atoms with Crippen molar-refractivity contribution in [2.24, 2.45) is 0 Å². The number of hydrogen-bond donors (Lipinski definition) is 1. The minimum absolute atomic E-state index is 0.0521. The van der Waals surface area contributed by atoms with Gasteiger partial charge in [-0.25, -0.2) is 0 Å². The fourth-order valence-electron chi connectivity index (χ4n) is 1.39. The van der Waals surface area contributed by atoms with Gasteiger partial charge in [-0.1, -0.05) is 11.6 Å². The van der Waals surface area contributed by atoms with Crippen molar-refractivity contribution in [3.63, 3.8) is 0 Å². The summed E-state index contributed by atoms with van der Waals surface area (Å²) in [4.78, 5) is 0. The Morgan fingerprint density at radius 2 is 1.65 bits per heavy atom. The van der Waals surface area contributed by atoms with E-state index in [0.717, 1.165) is 5.56 Å². The Labute approximate surface area is 108 Å². The molecule has 0 unspecified atom stereocenters. The zero-order valence-corrected chi connectivity index (χ0v) is 11.8. The highest BCUT2D eigenvalue weighted by atomic mass is 35.5. The first-order valence-electron chi connectivity index (χ1n) is 5.53. The summed E-state index contributed by atoms with van der Waals surface area (Å²) < 4.78 is 10.4. The van der Waals surface area contributed by atoms with Gasteiger partial charge in [0, 0.05) is 23.2 Å². The molecular weight excluding hydrogens is 238 g/mol. The average Bonchev–Trinajstić information content (AvgIpc) is 2.25. The quantitative estimate of drug-likeness (QED) is 0.898. The molecule has 1 aromatic rings. The Morgan fingerprint density at radius 1 is 1.12 bits per heavy atom. The monoisotopic (exact) mass is 257 g/mol. The number of methoxy groups -OCH3 is 2. The normalized spacial score (nSPS) is 11.4.